The standard InChI is InChI=1S/C21H23F2N9O8P2S2/c22-12-10-4-35-41(33,43)39-16-11(38-20(13(16)23)31-7-28-15-18(25)26-6-27-19(15)31)5-36-42(34,44)40-17(12)21(37-10)32-9-3-1-2-8(24)14(9)29-30-32/h1-3,6-7,10-13,16-17,20-21H,4-5,24H2,(H,33,43)(H,34,44)(H2,25,26,27)/t10-,11-,12-,13-,16-,17-,20-,21-,41?,42?/m1/s1. The number of thiol groups is 1. The van der Waals surface area contributed by atoms with Gasteiger partial charge in [-0.3, -0.25) is 18.1 Å². The number of imidazole rings is 1. The first-order chi connectivity index (χ1) is 20.9. The molecular formula is C21H23F2N9O8P2S2. The Morgan fingerprint density at radius 1 is 1.00 bits per heavy atom. The fourth-order valence-corrected chi connectivity index (χ4v) is 8.14. The minimum absolute atomic E-state index is 0.0550. The van der Waals surface area contributed by atoms with Crippen LogP contribution in [0.2, 0.25) is 0 Å². The molecule has 0 saturated carbocycles. The fourth-order valence-electron chi connectivity index (χ4n) is 5.25. The number of benzene rings is 1. The first-order valence-electron chi connectivity index (χ1n) is 12.9. The number of alkyl halides is 2. The minimum Gasteiger partial charge on any atom is -0.397 e. The molecule has 3 saturated heterocycles. The highest BCUT2D eigenvalue weighted by Crippen LogP contribution is 2.58. The van der Waals surface area contributed by atoms with Crippen molar-refractivity contribution in [1.29, 1.82) is 0 Å². The van der Waals surface area contributed by atoms with Gasteiger partial charge in [-0.25, -0.2) is 33.0 Å². The summed E-state index contributed by atoms with van der Waals surface area (Å²) in [7, 11) is 0. The largest absolute Gasteiger partial charge is 0.397 e. The molecule has 4 aromatic rings. The molecule has 3 fully saturated rings. The molecule has 7 rings (SSSR count). The number of nitrogen functional groups attached to an aromatic ring is 2. The lowest BCUT2D eigenvalue weighted by Gasteiger charge is -2.26. The molecule has 44 heavy (non-hydrogen) atoms. The molecule has 3 aliphatic heterocycles. The van der Waals surface area contributed by atoms with E-state index in [-0.39, 0.29) is 17.0 Å². The van der Waals surface area contributed by atoms with Crippen molar-refractivity contribution >= 4 is 71.3 Å². The average Bonchev–Trinajstić information content (AvgIpc) is 3.73. The van der Waals surface area contributed by atoms with Crippen molar-refractivity contribution < 1.29 is 45.8 Å². The molecule has 3 aliphatic rings. The fraction of sp³-hybridized carbons (Fsp3) is 0.476. The third kappa shape index (κ3) is 5.28. The summed E-state index contributed by atoms with van der Waals surface area (Å²) < 4.78 is 81.2. The van der Waals surface area contributed by atoms with E-state index in [2.05, 4.69) is 37.5 Å². The van der Waals surface area contributed by atoms with Gasteiger partial charge in [0, 0.05) is 0 Å². The number of rotatable bonds is 2. The third-order valence-electron chi connectivity index (χ3n) is 7.28. The van der Waals surface area contributed by atoms with Crippen LogP contribution in [0.5, 0.6) is 0 Å². The van der Waals surface area contributed by atoms with Gasteiger partial charge in [-0.2, -0.15) is 0 Å². The summed E-state index contributed by atoms with van der Waals surface area (Å²) in [5, 5.41) is 8.05. The van der Waals surface area contributed by atoms with E-state index in [1.807, 2.05) is 0 Å². The minimum atomic E-state index is -4.41. The first kappa shape index (κ1) is 30.2. The van der Waals surface area contributed by atoms with Crippen molar-refractivity contribution in [3.63, 3.8) is 0 Å². The smallest absolute Gasteiger partial charge is 0.386 e. The predicted octanol–water partition coefficient (Wildman–Crippen LogP) is 1.98. The molecule has 0 radical (unpaired) electrons. The topological polar surface area (TPSA) is 219 Å². The Bertz CT molecular complexity index is 1840. The Balaban J connectivity index is 1.20. The number of hydrogen-bond acceptors (Lipinski definition) is 15. The van der Waals surface area contributed by atoms with Crippen molar-refractivity contribution in [1.82, 2.24) is 34.5 Å². The molecule has 5 N–H and O–H groups in total. The first-order valence-corrected chi connectivity index (χ1v) is 18.1. The van der Waals surface area contributed by atoms with Crippen molar-refractivity contribution in [3.05, 3.63) is 30.9 Å². The van der Waals surface area contributed by atoms with E-state index in [4.69, 9.17) is 50.8 Å². The van der Waals surface area contributed by atoms with E-state index in [0.717, 1.165) is 0 Å². The van der Waals surface area contributed by atoms with E-state index in [1.165, 1.54) is 21.9 Å². The monoisotopic (exact) mass is 693 g/mol. The second kappa shape index (κ2) is 11.1. The van der Waals surface area contributed by atoms with Crippen LogP contribution < -0.4 is 11.5 Å². The van der Waals surface area contributed by atoms with Crippen molar-refractivity contribution in [3.8, 4) is 0 Å². The highest BCUT2D eigenvalue weighted by molar-refractivity contribution is 8.44. The molecule has 236 valence electrons. The number of halogens is 2. The van der Waals surface area contributed by atoms with Crippen LogP contribution in [-0.4, -0.2) is 89.4 Å². The number of fused-ring (bicyclic) bond motifs is 5. The Hall–Kier alpha value is -2.42. The summed E-state index contributed by atoms with van der Waals surface area (Å²) in [6.45, 7) is -10.0. The summed E-state index contributed by atoms with van der Waals surface area (Å²) in [6, 6.07) is 4.86. The van der Waals surface area contributed by atoms with Gasteiger partial charge in [-0.15, -0.1) is 5.10 Å². The molecule has 6 heterocycles. The summed E-state index contributed by atoms with van der Waals surface area (Å²) in [5.41, 5.74) is 13.2. The molecule has 23 heteroatoms. The van der Waals surface area contributed by atoms with Crippen LogP contribution in [0, 0.1) is 0 Å². The van der Waals surface area contributed by atoms with E-state index in [9.17, 15) is 9.46 Å². The molecule has 0 aliphatic carbocycles. The average molecular weight is 694 g/mol. The van der Waals surface area contributed by atoms with Crippen molar-refractivity contribution in [2.75, 3.05) is 24.7 Å². The van der Waals surface area contributed by atoms with E-state index in [0.29, 0.717) is 16.7 Å². The van der Waals surface area contributed by atoms with Gasteiger partial charge < -0.3 is 30.4 Å². The molecule has 17 nitrogen and oxygen atoms in total. The van der Waals surface area contributed by atoms with Gasteiger partial charge in [0.25, 0.3) is 0 Å². The molecule has 2 bridgehead atoms. The zero-order valence-corrected chi connectivity index (χ0v) is 25.5. The lowest BCUT2D eigenvalue weighted by atomic mass is 10.1. The van der Waals surface area contributed by atoms with Crippen LogP contribution in [-0.2, 0) is 43.9 Å². The zero-order valence-electron chi connectivity index (χ0n) is 22.0. The number of anilines is 2. The van der Waals surface area contributed by atoms with Gasteiger partial charge in [-0.1, -0.05) is 23.5 Å². The normalized spacial score (nSPS) is 38.3. The number of nitrogens with zero attached hydrogens (tertiary/aromatic N) is 7. The van der Waals surface area contributed by atoms with Crippen LogP contribution in [0.4, 0.5) is 20.3 Å². The van der Waals surface area contributed by atoms with Crippen molar-refractivity contribution in [2.45, 2.75) is 49.2 Å². The van der Waals surface area contributed by atoms with Gasteiger partial charge in [-0.05, 0) is 23.9 Å². The number of hydrogen-bond donors (Lipinski definition) is 4. The molecule has 1 aromatic carbocycles. The van der Waals surface area contributed by atoms with Crippen molar-refractivity contribution in [2.24, 2.45) is 0 Å². The van der Waals surface area contributed by atoms with Gasteiger partial charge in [0.05, 0.1) is 30.7 Å². The van der Waals surface area contributed by atoms with E-state index >= 15 is 8.78 Å². The Morgan fingerprint density at radius 3 is 2.59 bits per heavy atom. The maximum absolute atomic E-state index is 16.0. The maximum atomic E-state index is 16.0. The van der Waals surface area contributed by atoms with Crippen LogP contribution in [0.3, 0.4) is 0 Å². The highest BCUT2D eigenvalue weighted by Gasteiger charge is 2.54. The Morgan fingerprint density at radius 2 is 1.77 bits per heavy atom. The van der Waals surface area contributed by atoms with Gasteiger partial charge in [0.1, 0.15) is 41.8 Å². The summed E-state index contributed by atoms with van der Waals surface area (Å²) in [5.74, 6) is 0.0550. The summed E-state index contributed by atoms with van der Waals surface area (Å²) >= 11 is 9.17. The highest BCUT2D eigenvalue weighted by atomic mass is 32.7. The number of ether oxygens (including phenoxy) is 2. The molecule has 2 unspecified atom stereocenters. The Labute approximate surface area is 256 Å². The van der Waals surface area contributed by atoms with Crippen LogP contribution in [0.1, 0.15) is 12.5 Å². The molecule has 3 aromatic heterocycles. The van der Waals surface area contributed by atoms with E-state index < -0.39 is 75.9 Å². The summed E-state index contributed by atoms with van der Waals surface area (Å²) in [4.78, 5) is 23.1. The van der Waals surface area contributed by atoms with E-state index in [1.54, 1.807) is 18.2 Å². The molecule has 10 atom stereocenters. The quantitative estimate of drug-likeness (QED) is 0.134. The maximum Gasteiger partial charge on any atom is 0.386 e. The van der Waals surface area contributed by atoms with Crippen LogP contribution in [0.25, 0.3) is 22.2 Å². The lowest BCUT2D eigenvalue weighted by molar-refractivity contribution is -0.0623. The molecule has 0 amide bonds. The van der Waals surface area contributed by atoms with Gasteiger partial charge in [0.2, 0.25) is 0 Å². The predicted molar refractivity (Wildman–Crippen MR) is 154 cm³/mol. The van der Waals surface area contributed by atoms with Crippen LogP contribution in [0.15, 0.2) is 30.9 Å². The third-order valence-corrected chi connectivity index (χ3v) is 10.5. The Kier molecular flexibility index (Phi) is 7.65. The van der Waals surface area contributed by atoms with Crippen LogP contribution >= 0.6 is 25.8 Å². The van der Waals surface area contributed by atoms with Gasteiger partial charge >= 0.3 is 13.5 Å². The lowest BCUT2D eigenvalue weighted by Crippen LogP contribution is -2.34. The number of nitrogens with two attached hydrogens (primary N) is 2. The molecule has 0 spiro atoms. The number of aromatic nitrogens is 7. The second-order valence-electron chi connectivity index (χ2n) is 10.0. The van der Waals surface area contributed by atoms with Gasteiger partial charge in [0.15, 0.2) is 36.3 Å². The zero-order chi connectivity index (χ0) is 31.0. The summed E-state index contributed by atoms with van der Waals surface area (Å²) in [6.07, 6.45) is -10.4. The molecular weight excluding hydrogens is 670 g/mol. The second-order valence-corrected chi connectivity index (χ2v) is 15.7. The SMILES string of the molecule is Nc1ncnc2c1ncn2[C@@H]1O[C@@H]2COP(O)(=S)O[C@@H]3[C@H](F)[C@@H](COP(=O)(S)O[C@H]2[C@H]1F)O[C@H]3n1nnc2c(N)cccc21.